The fourth-order valence-corrected chi connectivity index (χ4v) is 1.57. The summed E-state index contributed by atoms with van der Waals surface area (Å²) in [4.78, 5) is 0. The molecule has 0 amide bonds. The summed E-state index contributed by atoms with van der Waals surface area (Å²) < 4.78 is 0. The largest absolute Gasteiger partial charge is 0.192 e. The van der Waals surface area contributed by atoms with Gasteiger partial charge >= 0.3 is 0 Å². The zero-order valence-corrected chi connectivity index (χ0v) is 11.3. The van der Waals surface area contributed by atoms with Crippen molar-refractivity contribution in [3.63, 3.8) is 0 Å². The van der Waals surface area contributed by atoms with E-state index in [4.69, 9.17) is 5.26 Å². The fraction of sp³-hybridized carbons (Fsp3) is 0.235. The third kappa shape index (κ3) is 3.75. The number of nitrogens with zero attached hydrogens (tertiary/aromatic N) is 1. The van der Waals surface area contributed by atoms with Gasteiger partial charge in [0, 0.05) is 5.57 Å². The van der Waals surface area contributed by atoms with Crippen LogP contribution in [0.2, 0.25) is 0 Å². The second-order valence-corrected chi connectivity index (χ2v) is 4.49. The van der Waals surface area contributed by atoms with Crippen LogP contribution in [-0.4, -0.2) is 0 Å². The summed E-state index contributed by atoms with van der Waals surface area (Å²) in [5.41, 5.74) is 3.97. The lowest BCUT2D eigenvalue weighted by Crippen LogP contribution is -1.87. The van der Waals surface area contributed by atoms with Gasteiger partial charge in [0.15, 0.2) is 0 Å². The smallest absolute Gasteiger partial charge is 0.0988 e. The molecule has 1 aromatic rings. The number of rotatable bonds is 4. The van der Waals surface area contributed by atoms with Gasteiger partial charge in [0.1, 0.15) is 0 Å². The Morgan fingerprint density at radius 1 is 1.22 bits per heavy atom. The van der Waals surface area contributed by atoms with Crippen LogP contribution in [-0.2, 0) is 0 Å². The Kier molecular flexibility index (Phi) is 5.14. The Morgan fingerprint density at radius 3 is 2.28 bits per heavy atom. The maximum Gasteiger partial charge on any atom is 0.0988 e. The summed E-state index contributed by atoms with van der Waals surface area (Å²) in [6.07, 6.45) is 5.45. The van der Waals surface area contributed by atoms with E-state index >= 15 is 0 Å². The van der Waals surface area contributed by atoms with Gasteiger partial charge in [0.25, 0.3) is 0 Å². The molecule has 1 heteroatoms. The lowest BCUT2D eigenvalue weighted by atomic mass is 9.99. The van der Waals surface area contributed by atoms with E-state index < -0.39 is 0 Å². The Hall–Kier alpha value is -2.07. The highest BCUT2D eigenvalue weighted by molar-refractivity contribution is 5.73. The maximum absolute atomic E-state index is 8.81. The van der Waals surface area contributed by atoms with Crippen molar-refractivity contribution < 1.29 is 0 Å². The highest BCUT2D eigenvalue weighted by atomic mass is 14.2. The van der Waals surface area contributed by atoms with Crippen LogP contribution in [0, 0.1) is 11.3 Å². The predicted molar refractivity (Wildman–Crippen MR) is 78.1 cm³/mol. The van der Waals surface area contributed by atoms with Crippen LogP contribution in [0.3, 0.4) is 0 Å². The van der Waals surface area contributed by atoms with Crippen molar-refractivity contribution in [2.75, 3.05) is 0 Å². The molecule has 1 rings (SSSR count). The molecular formula is C17H19N. The molecule has 0 N–H and O–H groups in total. The average molecular weight is 237 g/mol. The summed E-state index contributed by atoms with van der Waals surface area (Å²) in [5.74, 6) is 0.538. The van der Waals surface area contributed by atoms with E-state index in [2.05, 4.69) is 50.8 Å². The van der Waals surface area contributed by atoms with E-state index in [0.29, 0.717) is 11.5 Å². The second kappa shape index (κ2) is 6.61. The van der Waals surface area contributed by atoms with Crippen LogP contribution in [0.25, 0.3) is 5.57 Å². The van der Waals surface area contributed by atoms with Gasteiger partial charge in [-0.25, -0.2) is 0 Å². The van der Waals surface area contributed by atoms with E-state index in [-0.39, 0.29) is 0 Å². The van der Waals surface area contributed by atoms with Crippen molar-refractivity contribution in [3.8, 4) is 6.07 Å². The molecule has 0 saturated carbocycles. The summed E-state index contributed by atoms with van der Waals surface area (Å²) in [6.45, 7) is 10.2. The zero-order valence-electron chi connectivity index (χ0n) is 11.3. The van der Waals surface area contributed by atoms with Gasteiger partial charge in [0.2, 0.25) is 0 Å². The Morgan fingerprint density at radius 2 is 1.83 bits per heavy atom. The SMILES string of the molecule is C=C(/C=C\C(C#N)=C/C)c1ccc(C(C)C)cc1. The van der Waals surface area contributed by atoms with Crippen LogP contribution in [0.5, 0.6) is 0 Å². The topological polar surface area (TPSA) is 23.8 Å². The molecule has 0 bridgehead atoms. The number of allylic oxidation sites excluding steroid dienone is 5. The molecule has 1 aromatic carbocycles. The normalized spacial score (nSPS) is 11.8. The van der Waals surface area contributed by atoms with Gasteiger partial charge in [-0.3, -0.25) is 0 Å². The molecule has 1 nitrogen and oxygen atoms in total. The average Bonchev–Trinajstić information content (AvgIpc) is 2.39. The molecule has 0 heterocycles. The van der Waals surface area contributed by atoms with Crippen molar-refractivity contribution in [3.05, 3.63) is 65.8 Å². The molecule has 0 unspecified atom stereocenters. The van der Waals surface area contributed by atoms with E-state index in [0.717, 1.165) is 11.1 Å². The highest BCUT2D eigenvalue weighted by Crippen LogP contribution is 2.19. The molecule has 0 radical (unpaired) electrons. The Balaban J connectivity index is 2.83. The monoisotopic (exact) mass is 237 g/mol. The summed E-state index contributed by atoms with van der Waals surface area (Å²) in [7, 11) is 0. The minimum atomic E-state index is 0.538. The van der Waals surface area contributed by atoms with E-state index in [1.807, 2.05) is 13.0 Å². The summed E-state index contributed by atoms with van der Waals surface area (Å²) >= 11 is 0. The van der Waals surface area contributed by atoms with Gasteiger partial charge in [-0.1, -0.05) is 56.8 Å². The molecule has 0 aliphatic rings. The molecular weight excluding hydrogens is 218 g/mol. The first kappa shape index (κ1) is 14.0. The van der Waals surface area contributed by atoms with Crippen molar-refractivity contribution in [2.45, 2.75) is 26.7 Å². The highest BCUT2D eigenvalue weighted by Gasteiger charge is 2.00. The summed E-state index contributed by atoms with van der Waals surface area (Å²) in [6, 6.07) is 10.5. The zero-order chi connectivity index (χ0) is 13.5. The molecule has 92 valence electrons. The third-order valence-corrected chi connectivity index (χ3v) is 2.85. The third-order valence-electron chi connectivity index (χ3n) is 2.85. The van der Waals surface area contributed by atoms with Crippen LogP contribution >= 0.6 is 0 Å². The lowest BCUT2D eigenvalue weighted by Gasteiger charge is -2.06. The second-order valence-electron chi connectivity index (χ2n) is 4.49. The van der Waals surface area contributed by atoms with Crippen LogP contribution in [0.15, 0.2) is 54.6 Å². The Labute approximate surface area is 110 Å². The summed E-state index contributed by atoms with van der Waals surface area (Å²) in [5, 5.41) is 8.81. The molecule has 0 aliphatic carbocycles. The lowest BCUT2D eigenvalue weighted by molar-refractivity contribution is 0.866. The van der Waals surface area contributed by atoms with Gasteiger partial charge < -0.3 is 0 Å². The predicted octanol–water partition coefficient (Wildman–Crippen LogP) is 4.85. The van der Waals surface area contributed by atoms with Crippen molar-refractivity contribution in [1.82, 2.24) is 0 Å². The minimum Gasteiger partial charge on any atom is -0.192 e. The van der Waals surface area contributed by atoms with Crippen molar-refractivity contribution >= 4 is 5.57 Å². The minimum absolute atomic E-state index is 0.538. The number of hydrogen-bond acceptors (Lipinski definition) is 1. The van der Waals surface area contributed by atoms with Crippen molar-refractivity contribution in [2.24, 2.45) is 0 Å². The number of benzene rings is 1. The van der Waals surface area contributed by atoms with E-state index in [9.17, 15) is 0 Å². The van der Waals surface area contributed by atoms with Crippen LogP contribution < -0.4 is 0 Å². The molecule has 0 atom stereocenters. The first-order valence-electron chi connectivity index (χ1n) is 6.12. The molecule has 18 heavy (non-hydrogen) atoms. The van der Waals surface area contributed by atoms with Gasteiger partial charge in [0.05, 0.1) is 6.07 Å². The van der Waals surface area contributed by atoms with E-state index in [1.165, 1.54) is 5.56 Å². The van der Waals surface area contributed by atoms with E-state index in [1.54, 1.807) is 12.2 Å². The molecule has 0 spiro atoms. The van der Waals surface area contributed by atoms with Crippen LogP contribution in [0.4, 0.5) is 0 Å². The molecule has 0 saturated heterocycles. The van der Waals surface area contributed by atoms with Crippen molar-refractivity contribution in [1.29, 1.82) is 5.26 Å². The first-order valence-corrected chi connectivity index (χ1v) is 6.12. The maximum atomic E-state index is 8.81. The standard InChI is InChI=1S/C17H19N/c1-5-15(12-18)7-6-14(4)17-10-8-16(9-11-17)13(2)3/h5-11,13H,4H2,1-3H3/b7-6-,15-5+. The molecule has 0 fully saturated rings. The van der Waals surface area contributed by atoms with Gasteiger partial charge in [-0.15, -0.1) is 0 Å². The number of hydrogen-bond donors (Lipinski definition) is 0. The molecule has 0 aliphatic heterocycles. The van der Waals surface area contributed by atoms with Gasteiger partial charge in [-0.2, -0.15) is 5.26 Å². The van der Waals surface area contributed by atoms with Gasteiger partial charge in [-0.05, 0) is 35.6 Å². The fourth-order valence-electron chi connectivity index (χ4n) is 1.57. The number of nitriles is 1. The quantitative estimate of drug-likeness (QED) is 0.542. The molecule has 0 aromatic heterocycles. The van der Waals surface area contributed by atoms with Crippen LogP contribution in [0.1, 0.15) is 37.8 Å². The Bertz CT molecular complexity index is 508. The first-order chi connectivity index (χ1) is 8.58.